The number of nitrogen functional groups attached to an aromatic ring is 1. The Bertz CT molecular complexity index is 412. The molecule has 0 aliphatic rings. The van der Waals surface area contributed by atoms with Crippen molar-refractivity contribution in [2.24, 2.45) is 16.5 Å². The summed E-state index contributed by atoms with van der Waals surface area (Å²) in [5.41, 5.74) is 18.0. The first-order chi connectivity index (χ1) is 8.63. The Kier molecular flexibility index (Phi) is 5.87. The van der Waals surface area contributed by atoms with Gasteiger partial charge in [0.15, 0.2) is 0 Å². The number of carbonyl (C=O) groups is 1. The molecule has 0 saturated carbocycles. The van der Waals surface area contributed by atoms with Crippen molar-refractivity contribution in [3.8, 4) is 0 Å². The lowest BCUT2D eigenvalue weighted by Crippen LogP contribution is -2.15. The van der Waals surface area contributed by atoms with Crippen LogP contribution in [-0.2, 0) is 4.79 Å². The summed E-state index contributed by atoms with van der Waals surface area (Å²) >= 11 is 0. The van der Waals surface area contributed by atoms with Gasteiger partial charge in [-0.3, -0.25) is 4.79 Å². The second-order valence-electron chi connectivity index (χ2n) is 4.11. The average molecular weight is 248 g/mol. The van der Waals surface area contributed by atoms with Crippen LogP contribution in [0.25, 0.3) is 0 Å². The van der Waals surface area contributed by atoms with E-state index in [0.717, 1.165) is 19.3 Å². The normalized spacial score (nSPS) is 11.5. The molecule has 0 spiro atoms. The molecule has 0 radical (unpaired) electrons. The van der Waals surface area contributed by atoms with Crippen molar-refractivity contribution < 1.29 is 4.79 Å². The molecule has 0 unspecified atom stereocenters. The highest BCUT2D eigenvalue weighted by Gasteiger charge is 2.03. The molecule has 6 N–H and O–H groups in total. The number of unbranched alkanes of at least 4 members (excludes halogenated alkanes) is 2. The van der Waals surface area contributed by atoms with Crippen molar-refractivity contribution >= 4 is 17.4 Å². The molecule has 0 bridgehead atoms. The third-order valence-corrected chi connectivity index (χ3v) is 2.55. The first-order valence-corrected chi connectivity index (χ1v) is 6.06. The van der Waals surface area contributed by atoms with Crippen molar-refractivity contribution in [1.29, 1.82) is 0 Å². The molecule has 0 atom stereocenters. The summed E-state index contributed by atoms with van der Waals surface area (Å²) < 4.78 is 0. The molecule has 5 nitrogen and oxygen atoms in total. The van der Waals surface area contributed by atoms with Crippen LogP contribution < -0.4 is 17.2 Å². The summed E-state index contributed by atoms with van der Waals surface area (Å²) in [5.74, 6) is 0.0418. The van der Waals surface area contributed by atoms with E-state index in [-0.39, 0.29) is 11.7 Å². The molecule has 0 saturated heterocycles. The van der Waals surface area contributed by atoms with Crippen LogP contribution in [0.15, 0.2) is 29.3 Å². The maximum Gasteiger partial charge on any atom is 0.247 e. The molecule has 0 aromatic heterocycles. The van der Waals surface area contributed by atoms with Gasteiger partial charge in [0, 0.05) is 17.7 Å². The largest absolute Gasteiger partial charge is 0.399 e. The minimum absolute atomic E-state index is 0.193. The van der Waals surface area contributed by atoms with E-state index < -0.39 is 0 Å². The Hall–Kier alpha value is -1.88. The molecular weight excluding hydrogens is 228 g/mol. The van der Waals surface area contributed by atoms with E-state index in [1.165, 1.54) is 0 Å². The monoisotopic (exact) mass is 248 g/mol. The first kappa shape index (κ1) is 14.2. The molecule has 1 rings (SSSR count). The summed E-state index contributed by atoms with van der Waals surface area (Å²) in [5, 5.41) is 0. The Morgan fingerprint density at radius 1 is 1.11 bits per heavy atom. The van der Waals surface area contributed by atoms with Crippen LogP contribution in [0.1, 0.15) is 31.2 Å². The van der Waals surface area contributed by atoms with Crippen LogP contribution in [0.2, 0.25) is 0 Å². The molecule has 0 aliphatic carbocycles. The molecule has 1 aromatic carbocycles. The van der Waals surface area contributed by atoms with E-state index >= 15 is 0 Å². The highest BCUT2D eigenvalue weighted by molar-refractivity contribution is 6.04. The van der Waals surface area contributed by atoms with Gasteiger partial charge in [0.05, 0.1) is 0 Å². The van der Waals surface area contributed by atoms with Gasteiger partial charge in [-0.15, -0.1) is 0 Å². The lowest BCUT2D eigenvalue weighted by atomic mass is 10.2. The van der Waals surface area contributed by atoms with E-state index in [9.17, 15) is 4.79 Å². The second-order valence-corrected chi connectivity index (χ2v) is 4.11. The van der Waals surface area contributed by atoms with Gasteiger partial charge >= 0.3 is 0 Å². The first-order valence-electron chi connectivity index (χ1n) is 6.06. The van der Waals surface area contributed by atoms with Crippen molar-refractivity contribution in [1.82, 2.24) is 0 Å². The van der Waals surface area contributed by atoms with Gasteiger partial charge in [0.25, 0.3) is 0 Å². The van der Waals surface area contributed by atoms with Crippen LogP contribution >= 0.6 is 0 Å². The van der Waals surface area contributed by atoms with Gasteiger partial charge in [-0.2, -0.15) is 4.99 Å². The molecule has 1 amide bonds. The molecule has 18 heavy (non-hydrogen) atoms. The number of anilines is 1. The Morgan fingerprint density at radius 2 is 1.78 bits per heavy atom. The van der Waals surface area contributed by atoms with Gasteiger partial charge in [0.1, 0.15) is 5.84 Å². The summed E-state index contributed by atoms with van der Waals surface area (Å²) in [6.07, 6.45) is 3.09. The van der Waals surface area contributed by atoms with Gasteiger partial charge in [-0.1, -0.05) is 6.42 Å². The summed E-state index contributed by atoms with van der Waals surface area (Å²) in [4.78, 5) is 15.4. The molecular formula is C13H20N4O. The number of aliphatic imine (C=N–C) groups is 1. The number of hydrogen-bond acceptors (Lipinski definition) is 3. The second kappa shape index (κ2) is 7.45. The maximum atomic E-state index is 11.5. The van der Waals surface area contributed by atoms with Gasteiger partial charge < -0.3 is 17.2 Å². The number of nitrogens with two attached hydrogens (primary N) is 3. The standard InChI is InChI=1S/C13H20N4O/c14-9-3-1-2-4-12(18)17-13(16)10-5-7-11(15)8-6-10/h5-8H,1-4,9,14-15H2,(H2,16,17,18). The van der Waals surface area contributed by atoms with Crippen molar-refractivity contribution in [3.05, 3.63) is 29.8 Å². The zero-order valence-corrected chi connectivity index (χ0v) is 10.4. The lowest BCUT2D eigenvalue weighted by Gasteiger charge is -2.01. The van der Waals surface area contributed by atoms with Crippen LogP contribution in [0.4, 0.5) is 5.69 Å². The minimum atomic E-state index is -0.193. The number of benzene rings is 1. The van der Waals surface area contributed by atoms with Crippen LogP contribution in [0.5, 0.6) is 0 Å². The summed E-state index contributed by atoms with van der Waals surface area (Å²) in [6.45, 7) is 0.658. The highest BCUT2D eigenvalue weighted by atomic mass is 16.1. The predicted octanol–water partition coefficient (Wildman–Crippen LogP) is 1.02. The Balaban J connectivity index is 2.49. The van der Waals surface area contributed by atoms with Gasteiger partial charge in [0.2, 0.25) is 5.91 Å². The zero-order valence-electron chi connectivity index (χ0n) is 10.4. The van der Waals surface area contributed by atoms with Crippen LogP contribution in [0, 0.1) is 0 Å². The molecule has 5 heteroatoms. The number of hydrogen-bond donors (Lipinski definition) is 3. The smallest absolute Gasteiger partial charge is 0.247 e. The van der Waals surface area contributed by atoms with Crippen molar-refractivity contribution in [2.45, 2.75) is 25.7 Å². The van der Waals surface area contributed by atoms with E-state index in [1.807, 2.05) is 0 Å². The fourth-order valence-electron chi connectivity index (χ4n) is 1.51. The van der Waals surface area contributed by atoms with E-state index in [1.54, 1.807) is 24.3 Å². The number of carbonyl (C=O) groups excluding carboxylic acids is 1. The predicted molar refractivity (Wildman–Crippen MR) is 74.1 cm³/mol. The summed E-state index contributed by atoms with van der Waals surface area (Å²) in [6, 6.07) is 6.94. The molecule has 98 valence electrons. The Morgan fingerprint density at radius 3 is 2.39 bits per heavy atom. The molecule has 0 fully saturated rings. The van der Waals surface area contributed by atoms with Crippen molar-refractivity contribution in [3.63, 3.8) is 0 Å². The van der Waals surface area contributed by atoms with E-state index in [2.05, 4.69) is 4.99 Å². The SMILES string of the molecule is NCCCCCC(=O)N=C(N)c1ccc(N)cc1. The lowest BCUT2D eigenvalue weighted by molar-refractivity contribution is -0.117. The van der Waals surface area contributed by atoms with Crippen molar-refractivity contribution in [2.75, 3.05) is 12.3 Å². The Labute approximate surface area is 107 Å². The number of nitrogens with zero attached hydrogens (tertiary/aromatic N) is 1. The van der Waals surface area contributed by atoms with Crippen LogP contribution in [-0.4, -0.2) is 18.3 Å². The fourth-order valence-corrected chi connectivity index (χ4v) is 1.51. The summed E-state index contributed by atoms with van der Waals surface area (Å²) in [7, 11) is 0. The molecule has 0 aliphatic heterocycles. The average Bonchev–Trinajstić information content (AvgIpc) is 2.35. The fraction of sp³-hybridized carbons (Fsp3) is 0.385. The van der Waals surface area contributed by atoms with Gasteiger partial charge in [-0.25, -0.2) is 0 Å². The van der Waals surface area contributed by atoms with E-state index in [0.29, 0.717) is 24.2 Å². The highest BCUT2D eigenvalue weighted by Crippen LogP contribution is 2.06. The zero-order chi connectivity index (χ0) is 13.4. The minimum Gasteiger partial charge on any atom is -0.399 e. The van der Waals surface area contributed by atoms with Crippen LogP contribution in [0.3, 0.4) is 0 Å². The number of rotatable bonds is 6. The third kappa shape index (κ3) is 4.97. The molecule has 1 aromatic rings. The quantitative estimate of drug-likeness (QED) is 0.302. The number of amides is 1. The molecule has 0 heterocycles. The number of amidine groups is 1. The third-order valence-electron chi connectivity index (χ3n) is 2.55. The topological polar surface area (TPSA) is 107 Å². The van der Waals surface area contributed by atoms with E-state index in [4.69, 9.17) is 17.2 Å². The maximum absolute atomic E-state index is 11.5. The van der Waals surface area contributed by atoms with Gasteiger partial charge in [-0.05, 0) is 43.7 Å².